The number of aromatic hydroxyl groups is 1. The lowest BCUT2D eigenvalue weighted by atomic mass is 9.97. The van der Waals surface area contributed by atoms with Gasteiger partial charge in [0.2, 0.25) is 0 Å². The average molecular weight is 306 g/mol. The predicted octanol–water partition coefficient (Wildman–Crippen LogP) is 5.87. The summed E-state index contributed by atoms with van der Waals surface area (Å²) in [5.41, 5.74) is 0.739. The van der Waals surface area contributed by atoms with Crippen molar-refractivity contribution < 1.29 is 9.84 Å². The van der Waals surface area contributed by atoms with Crippen molar-refractivity contribution in [2.24, 2.45) is 0 Å². The molecule has 0 aromatic heterocycles. The van der Waals surface area contributed by atoms with E-state index < -0.39 is 0 Å². The van der Waals surface area contributed by atoms with E-state index in [1.54, 1.807) is 6.07 Å². The average Bonchev–Trinajstić information content (AvgIpc) is 2.48. The van der Waals surface area contributed by atoms with Crippen LogP contribution in [-0.4, -0.2) is 17.3 Å². The molecule has 0 amide bonds. The van der Waals surface area contributed by atoms with Gasteiger partial charge in [-0.2, -0.15) is 0 Å². The largest absolute Gasteiger partial charge is 0.508 e. The Morgan fingerprint density at radius 2 is 1.50 bits per heavy atom. The van der Waals surface area contributed by atoms with E-state index in [0.29, 0.717) is 5.75 Å². The molecule has 1 rings (SSSR count). The molecule has 1 N–H and O–H groups in total. The third-order valence-electron chi connectivity index (χ3n) is 4.10. The summed E-state index contributed by atoms with van der Waals surface area (Å²) in [4.78, 5) is 0. The molecule has 0 aliphatic carbocycles. The molecular formula is C20H34O2. The Morgan fingerprint density at radius 3 is 2.14 bits per heavy atom. The second-order valence-electron chi connectivity index (χ2n) is 6.89. The molecule has 126 valence electrons. The maximum Gasteiger partial charge on any atom is 0.118 e. The fourth-order valence-corrected chi connectivity index (χ4v) is 2.75. The minimum absolute atomic E-state index is 0.222. The molecular weight excluding hydrogens is 272 g/mol. The van der Waals surface area contributed by atoms with Crippen LogP contribution >= 0.6 is 0 Å². The quantitative estimate of drug-likeness (QED) is 0.489. The lowest BCUT2D eigenvalue weighted by Gasteiger charge is -2.26. The Morgan fingerprint density at radius 1 is 0.909 bits per heavy atom. The van der Waals surface area contributed by atoms with Crippen LogP contribution in [0, 0.1) is 0 Å². The Bertz CT molecular complexity index is 398. The first-order valence-electron chi connectivity index (χ1n) is 8.96. The topological polar surface area (TPSA) is 29.5 Å². The second kappa shape index (κ2) is 10.7. The highest BCUT2D eigenvalue weighted by molar-refractivity contribution is 5.32. The zero-order chi connectivity index (χ0) is 16.3. The third kappa shape index (κ3) is 8.43. The van der Waals surface area contributed by atoms with Gasteiger partial charge in [0.15, 0.2) is 0 Å². The van der Waals surface area contributed by atoms with Crippen LogP contribution < -0.4 is 0 Å². The summed E-state index contributed by atoms with van der Waals surface area (Å²) < 4.78 is 6.02. The molecule has 0 spiro atoms. The van der Waals surface area contributed by atoms with Crippen LogP contribution in [0.4, 0.5) is 0 Å². The first-order chi connectivity index (χ1) is 10.5. The smallest absolute Gasteiger partial charge is 0.118 e. The summed E-state index contributed by atoms with van der Waals surface area (Å²) in [6.07, 6.45) is 11.3. The molecule has 0 aliphatic rings. The number of hydrogen-bond acceptors (Lipinski definition) is 2. The second-order valence-corrected chi connectivity index (χ2v) is 6.89. The molecule has 22 heavy (non-hydrogen) atoms. The van der Waals surface area contributed by atoms with Crippen LogP contribution in [0.1, 0.15) is 77.7 Å². The highest BCUT2D eigenvalue weighted by atomic mass is 16.5. The molecule has 0 bridgehead atoms. The van der Waals surface area contributed by atoms with E-state index in [1.165, 1.54) is 44.9 Å². The standard InChI is InChI=1S/C20H34O2/c1-4-5-6-7-8-9-10-13-16-22-20(2,3)17-18-14-11-12-15-19(18)21/h11-12,14-15,21H,4-10,13,16-17H2,1-3H3. The SMILES string of the molecule is CCCCCCCCCCOC(C)(C)Cc1ccccc1O. The third-order valence-corrected chi connectivity index (χ3v) is 4.10. The fraction of sp³-hybridized carbons (Fsp3) is 0.700. The number of benzene rings is 1. The number of phenols is 1. The van der Waals surface area contributed by atoms with E-state index >= 15 is 0 Å². The Balaban J connectivity index is 2.11. The zero-order valence-electron chi connectivity index (χ0n) is 14.7. The van der Waals surface area contributed by atoms with Crippen LogP contribution in [0.15, 0.2) is 24.3 Å². The first kappa shape index (κ1) is 19.0. The molecule has 0 fully saturated rings. The highest BCUT2D eigenvalue weighted by Gasteiger charge is 2.20. The van der Waals surface area contributed by atoms with Crippen LogP contribution in [0.5, 0.6) is 5.75 Å². The molecule has 1 aromatic carbocycles. The number of rotatable bonds is 12. The van der Waals surface area contributed by atoms with Gasteiger partial charge < -0.3 is 9.84 Å². The Kier molecular flexibility index (Phi) is 9.22. The summed E-state index contributed by atoms with van der Waals surface area (Å²) >= 11 is 0. The van der Waals surface area contributed by atoms with E-state index in [9.17, 15) is 5.11 Å². The van der Waals surface area contributed by atoms with Gasteiger partial charge in [-0.25, -0.2) is 0 Å². The monoisotopic (exact) mass is 306 g/mol. The summed E-state index contributed by atoms with van der Waals surface area (Å²) in [6, 6.07) is 7.53. The molecule has 2 nitrogen and oxygen atoms in total. The molecule has 0 saturated heterocycles. The van der Waals surface area contributed by atoms with E-state index in [4.69, 9.17) is 4.74 Å². The minimum Gasteiger partial charge on any atom is -0.508 e. The van der Waals surface area contributed by atoms with Gasteiger partial charge in [-0.3, -0.25) is 0 Å². The van der Waals surface area contributed by atoms with Gasteiger partial charge in [-0.15, -0.1) is 0 Å². The Labute approximate surface area is 136 Å². The van der Waals surface area contributed by atoms with Gasteiger partial charge in [0, 0.05) is 13.0 Å². The van der Waals surface area contributed by atoms with Crippen LogP contribution in [0.2, 0.25) is 0 Å². The van der Waals surface area contributed by atoms with Gasteiger partial charge in [0.25, 0.3) is 0 Å². The fourth-order valence-electron chi connectivity index (χ4n) is 2.75. The lowest BCUT2D eigenvalue weighted by Crippen LogP contribution is -2.28. The van der Waals surface area contributed by atoms with Crippen molar-refractivity contribution in [3.63, 3.8) is 0 Å². The van der Waals surface area contributed by atoms with Crippen molar-refractivity contribution in [3.05, 3.63) is 29.8 Å². The highest BCUT2D eigenvalue weighted by Crippen LogP contribution is 2.24. The van der Waals surface area contributed by atoms with Gasteiger partial charge in [0.05, 0.1) is 5.60 Å². The van der Waals surface area contributed by atoms with Crippen molar-refractivity contribution in [2.45, 2.75) is 84.2 Å². The van der Waals surface area contributed by atoms with Gasteiger partial charge in [-0.05, 0) is 31.9 Å². The molecule has 0 atom stereocenters. The molecule has 0 heterocycles. The van der Waals surface area contributed by atoms with Crippen molar-refractivity contribution in [2.75, 3.05) is 6.61 Å². The van der Waals surface area contributed by atoms with E-state index in [1.807, 2.05) is 18.2 Å². The van der Waals surface area contributed by atoms with Gasteiger partial charge in [-0.1, -0.05) is 70.1 Å². The number of hydrogen-bond donors (Lipinski definition) is 1. The van der Waals surface area contributed by atoms with Crippen LogP contribution in [0.3, 0.4) is 0 Å². The van der Waals surface area contributed by atoms with E-state index in [2.05, 4.69) is 20.8 Å². The summed E-state index contributed by atoms with van der Waals surface area (Å²) in [5, 5.41) is 9.85. The number of para-hydroxylation sites is 1. The lowest BCUT2D eigenvalue weighted by molar-refractivity contribution is -0.0190. The molecule has 2 heteroatoms. The van der Waals surface area contributed by atoms with Gasteiger partial charge in [0.1, 0.15) is 5.75 Å². The number of ether oxygens (including phenoxy) is 1. The van der Waals surface area contributed by atoms with Crippen molar-refractivity contribution in [3.8, 4) is 5.75 Å². The van der Waals surface area contributed by atoms with Crippen LogP contribution in [0.25, 0.3) is 0 Å². The first-order valence-corrected chi connectivity index (χ1v) is 8.96. The maximum absolute atomic E-state index is 9.85. The van der Waals surface area contributed by atoms with Crippen LogP contribution in [-0.2, 0) is 11.2 Å². The summed E-state index contributed by atoms with van der Waals surface area (Å²) in [5.74, 6) is 0.367. The summed E-state index contributed by atoms with van der Waals surface area (Å²) in [6.45, 7) is 7.28. The number of unbranched alkanes of at least 4 members (excludes halogenated alkanes) is 7. The normalized spacial score (nSPS) is 11.8. The van der Waals surface area contributed by atoms with Crippen molar-refractivity contribution in [1.82, 2.24) is 0 Å². The molecule has 0 aliphatic heterocycles. The minimum atomic E-state index is -0.222. The zero-order valence-corrected chi connectivity index (χ0v) is 14.7. The Hall–Kier alpha value is -1.02. The van der Waals surface area contributed by atoms with Crippen molar-refractivity contribution >= 4 is 0 Å². The van der Waals surface area contributed by atoms with Crippen molar-refractivity contribution in [1.29, 1.82) is 0 Å². The van der Waals surface area contributed by atoms with E-state index in [-0.39, 0.29) is 5.60 Å². The molecule has 1 aromatic rings. The molecule has 0 radical (unpaired) electrons. The summed E-state index contributed by atoms with van der Waals surface area (Å²) in [7, 11) is 0. The number of phenolic OH excluding ortho intramolecular Hbond substituents is 1. The van der Waals surface area contributed by atoms with Gasteiger partial charge >= 0.3 is 0 Å². The molecule has 0 saturated carbocycles. The maximum atomic E-state index is 9.85. The van der Waals surface area contributed by atoms with E-state index in [0.717, 1.165) is 25.0 Å². The molecule has 0 unspecified atom stereocenters. The predicted molar refractivity (Wildman–Crippen MR) is 94.5 cm³/mol.